The monoisotopic (exact) mass is 430 g/mol. The van der Waals surface area contributed by atoms with Crippen LogP contribution in [-0.2, 0) is 17.8 Å². The normalized spacial score (nSPS) is 19.4. The van der Waals surface area contributed by atoms with Crippen molar-refractivity contribution in [2.75, 3.05) is 26.7 Å². The molecule has 1 aliphatic heterocycles. The van der Waals surface area contributed by atoms with Crippen LogP contribution in [0.1, 0.15) is 31.4 Å². The summed E-state index contributed by atoms with van der Waals surface area (Å²) in [5, 5.41) is 0. The third-order valence-electron chi connectivity index (χ3n) is 5.56. The molecular formula is C25H32F2N2O2. The summed E-state index contributed by atoms with van der Waals surface area (Å²) in [6.45, 7) is 6.12. The fraction of sp³-hybridized carbons (Fsp3) is 0.480. The van der Waals surface area contributed by atoms with Crippen LogP contribution in [0.25, 0.3) is 0 Å². The van der Waals surface area contributed by atoms with Crippen molar-refractivity contribution in [3.8, 4) is 5.75 Å². The van der Waals surface area contributed by atoms with E-state index in [9.17, 15) is 13.6 Å². The second-order valence-corrected chi connectivity index (χ2v) is 8.81. The minimum absolute atomic E-state index is 0.127. The Morgan fingerprint density at radius 2 is 1.77 bits per heavy atom. The quantitative estimate of drug-likeness (QED) is 0.619. The van der Waals surface area contributed by atoms with Gasteiger partial charge in [0.1, 0.15) is 17.7 Å². The predicted octanol–water partition coefficient (Wildman–Crippen LogP) is 4.47. The number of halogens is 2. The van der Waals surface area contributed by atoms with Gasteiger partial charge in [-0.3, -0.25) is 4.79 Å². The van der Waals surface area contributed by atoms with Gasteiger partial charge in [0.25, 0.3) is 0 Å². The first-order chi connectivity index (χ1) is 14.8. The van der Waals surface area contributed by atoms with Gasteiger partial charge in [-0.2, -0.15) is 0 Å². The number of amides is 1. The summed E-state index contributed by atoms with van der Waals surface area (Å²) in [5.74, 6) is 0.748. The van der Waals surface area contributed by atoms with E-state index in [1.54, 1.807) is 17.0 Å². The highest BCUT2D eigenvalue weighted by Gasteiger charge is 2.34. The molecular weight excluding hydrogens is 398 g/mol. The lowest BCUT2D eigenvalue weighted by Crippen LogP contribution is -2.53. The number of carbonyl (C=O) groups excluding carboxylic acids is 1. The summed E-state index contributed by atoms with van der Waals surface area (Å²) >= 11 is 0. The van der Waals surface area contributed by atoms with Gasteiger partial charge in [0.05, 0.1) is 19.1 Å². The van der Waals surface area contributed by atoms with Crippen molar-refractivity contribution >= 4 is 5.91 Å². The number of carbonyl (C=O) groups is 1. The second kappa shape index (κ2) is 10.7. The fourth-order valence-electron chi connectivity index (χ4n) is 3.81. The van der Waals surface area contributed by atoms with E-state index in [1.165, 1.54) is 12.1 Å². The molecule has 0 saturated carbocycles. The summed E-state index contributed by atoms with van der Waals surface area (Å²) < 4.78 is 33.9. The van der Waals surface area contributed by atoms with Crippen molar-refractivity contribution < 1.29 is 18.3 Å². The van der Waals surface area contributed by atoms with Gasteiger partial charge in [0.2, 0.25) is 5.91 Å². The molecule has 1 saturated heterocycles. The van der Waals surface area contributed by atoms with Gasteiger partial charge in [-0.05, 0) is 54.8 Å². The first-order valence-corrected chi connectivity index (χ1v) is 10.9. The number of likely N-dealkylation sites (tertiary alicyclic amines) is 1. The van der Waals surface area contributed by atoms with Gasteiger partial charge in [0, 0.05) is 19.6 Å². The van der Waals surface area contributed by atoms with Crippen LogP contribution in [0.15, 0.2) is 48.5 Å². The van der Waals surface area contributed by atoms with E-state index in [-0.39, 0.29) is 24.7 Å². The van der Waals surface area contributed by atoms with E-state index in [1.807, 2.05) is 36.2 Å². The Labute approximate surface area is 183 Å². The van der Waals surface area contributed by atoms with Crippen LogP contribution in [0.2, 0.25) is 0 Å². The Morgan fingerprint density at radius 3 is 2.39 bits per heavy atom. The molecule has 0 aliphatic carbocycles. The Bertz CT molecular complexity index is 840. The molecule has 0 bridgehead atoms. The van der Waals surface area contributed by atoms with Crippen LogP contribution in [0.5, 0.6) is 5.75 Å². The smallest absolute Gasteiger partial charge is 0.227 e. The lowest BCUT2D eigenvalue weighted by molar-refractivity contribution is -0.136. The average molecular weight is 431 g/mol. The first-order valence-electron chi connectivity index (χ1n) is 10.9. The van der Waals surface area contributed by atoms with Crippen molar-refractivity contribution in [2.24, 2.45) is 5.92 Å². The third-order valence-corrected chi connectivity index (χ3v) is 5.56. The molecule has 168 valence electrons. The minimum atomic E-state index is -1.12. The molecule has 0 radical (unpaired) electrons. The Balaban J connectivity index is 1.73. The Kier molecular flexibility index (Phi) is 8.02. The maximum Gasteiger partial charge on any atom is 0.227 e. The summed E-state index contributed by atoms with van der Waals surface area (Å²) in [4.78, 5) is 16.8. The molecule has 2 aromatic carbocycles. The lowest BCUT2D eigenvalue weighted by Gasteiger charge is -2.39. The Hall–Kier alpha value is -2.47. The van der Waals surface area contributed by atoms with Crippen molar-refractivity contribution in [2.45, 2.75) is 45.4 Å². The van der Waals surface area contributed by atoms with Crippen molar-refractivity contribution in [1.29, 1.82) is 0 Å². The molecule has 1 fully saturated rings. The number of ether oxygens (including phenoxy) is 1. The highest BCUT2D eigenvalue weighted by Crippen LogP contribution is 2.23. The molecule has 2 aromatic rings. The van der Waals surface area contributed by atoms with Gasteiger partial charge in [-0.1, -0.05) is 38.1 Å². The van der Waals surface area contributed by atoms with Gasteiger partial charge >= 0.3 is 0 Å². The first kappa shape index (κ1) is 23.2. The second-order valence-electron chi connectivity index (χ2n) is 8.81. The molecule has 31 heavy (non-hydrogen) atoms. The molecule has 2 unspecified atom stereocenters. The van der Waals surface area contributed by atoms with Crippen molar-refractivity contribution in [1.82, 2.24) is 9.80 Å². The van der Waals surface area contributed by atoms with Crippen LogP contribution < -0.4 is 4.74 Å². The van der Waals surface area contributed by atoms with Crippen molar-refractivity contribution in [3.05, 3.63) is 65.5 Å². The molecule has 1 aliphatic rings. The number of nitrogens with zero attached hydrogens (tertiary/aromatic N) is 2. The summed E-state index contributed by atoms with van der Waals surface area (Å²) in [7, 11) is 1.89. The van der Waals surface area contributed by atoms with Crippen LogP contribution in [-0.4, -0.2) is 54.7 Å². The molecule has 4 nitrogen and oxygen atoms in total. The topological polar surface area (TPSA) is 32.8 Å². The maximum atomic E-state index is 14.9. The summed E-state index contributed by atoms with van der Waals surface area (Å²) in [5.41, 5.74) is 1.65. The zero-order chi connectivity index (χ0) is 22.4. The van der Waals surface area contributed by atoms with E-state index < -0.39 is 12.2 Å². The molecule has 1 heterocycles. The zero-order valence-corrected chi connectivity index (χ0v) is 18.6. The van der Waals surface area contributed by atoms with Gasteiger partial charge in [-0.15, -0.1) is 0 Å². The number of hydrogen-bond acceptors (Lipinski definition) is 3. The highest BCUT2D eigenvalue weighted by atomic mass is 19.1. The highest BCUT2D eigenvalue weighted by molar-refractivity contribution is 5.79. The lowest BCUT2D eigenvalue weighted by atomic mass is 9.99. The summed E-state index contributed by atoms with van der Waals surface area (Å²) in [6.07, 6.45) is -0.355. The molecule has 0 aromatic heterocycles. The third kappa shape index (κ3) is 6.76. The average Bonchev–Trinajstić information content (AvgIpc) is 2.73. The van der Waals surface area contributed by atoms with Crippen LogP contribution in [0.3, 0.4) is 0 Å². The van der Waals surface area contributed by atoms with Crippen molar-refractivity contribution in [3.63, 3.8) is 0 Å². The van der Waals surface area contributed by atoms with E-state index in [0.717, 1.165) is 23.4 Å². The van der Waals surface area contributed by atoms with E-state index >= 15 is 0 Å². The van der Waals surface area contributed by atoms with E-state index in [0.29, 0.717) is 25.5 Å². The molecule has 2 atom stereocenters. The number of piperidine rings is 1. The van der Waals surface area contributed by atoms with E-state index in [2.05, 4.69) is 13.8 Å². The number of benzene rings is 2. The number of alkyl halides is 1. The molecule has 0 spiro atoms. The maximum absolute atomic E-state index is 14.9. The van der Waals surface area contributed by atoms with Gasteiger partial charge in [0.15, 0.2) is 0 Å². The Morgan fingerprint density at radius 1 is 1.13 bits per heavy atom. The van der Waals surface area contributed by atoms with Crippen LogP contribution in [0.4, 0.5) is 8.78 Å². The summed E-state index contributed by atoms with van der Waals surface area (Å²) in [6, 6.07) is 13.0. The standard InChI is InChI=1S/C25H32F2N2O2/c1-18(2)17-31-22-10-6-19(7-11-22)14-25(30)29(15-20-4-8-21(26)9-5-20)24-12-13-28(3)16-23(24)27/h4-11,18,23-24H,12-17H2,1-3H3. The van der Waals surface area contributed by atoms with E-state index in [4.69, 9.17) is 4.74 Å². The number of hydrogen-bond donors (Lipinski definition) is 0. The predicted molar refractivity (Wildman–Crippen MR) is 118 cm³/mol. The minimum Gasteiger partial charge on any atom is -0.493 e. The molecule has 0 N–H and O–H groups in total. The van der Waals surface area contributed by atoms with Gasteiger partial charge in [-0.25, -0.2) is 8.78 Å². The van der Waals surface area contributed by atoms with Gasteiger partial charge < -0.3 is 14.5 Å². The molecule has 1 amide bonds. The largest absolute Gasteiger partial charge is 0.493 e. The molecule has 3 rings (SSSR count). The SMILES string of the molecule is CC(C)COc1ccc(CC(=O)N(Cc2ccc(F)cc2)C2CCN(C)CC2F)cc1. The van der Waals surface area contributed by atoms with Crippen LogP contribution in [0, 0.1) is 11.7 Å². The van der Waals surface area contributed by atoms with Crippen LogP contribution >= 0.6 is 0 Å². The molecule has 6 heteroatoms. The fourth-order valence-corrected chi connectivity index (χ4v) is 3.81. The number of rotatable bonds is 8. The zero-order valence-electron chi connectivity index (χ0n) is 18.6.